The highest BCUT2D eigenvalue weighted by Crippen LogP contribution is 2.36. The van der Waals surface area contributed by atoms with Gasteiger partial charge in [0.2, 0.25) is 0 Å². The van der Waals surface area contributed by atoms with Crippen LogP contribution in [0.5, 0.6) is 5.75 Å². The smallest absolute Gasteiger partial charge is 0.279 e. The number of phenolic OH excluding ortho intramolecular Hbond substituents is 1. The minimum atomic E-state index is -0.0504. The highest BCUT2D eigenvalue weighted by Gasteiger charge is 2.30. The second-order valence-electron chi connectivity index (χ2n) is 6.88. The Morgan fingerprint density at radius 2 is 2.00 bits per heavy atom. The van der Waals surface area contributed by atoms with Crippen LogP contribution in [0.15, 0.2) is 30.3 Å². The fraction of sp³-hybridized carbons (Fsp3) is 0.389. The highest BCUT2D eigenvalue weighted by atomic mass is 127. The van der Waals surface area contributed by atoms with Gasteiger partial charge in [-0.05, 0) is 41.1 Å². The number of piperazine rings is 1. The summed E-state index contributed by atoms with van der Waals surface area (Å²) < 4.78 is 1.58. The third-order valence-electron chi connectivity index (χ3n) is 4.81. The first-order chi connectivity index (χ1) is 11.4. The average Bonchev–Trinajstić information content (AvgIpc) is 2.54. The van der Waals surface area contributed by atoms with E-state index in [0.717, 1.165) is 45.0 Å². The molecule has 5 nitrogen and oxygen atoms in total. The van der Waals surface area contributed by atoms with Gasteiger partial charge in [0, 0.05) is 22.0 Å². The maximum Gasteiger partial charge on any atom is 0.279 e. The SMILES string of the molecule is CN1CC[N+](C)(CC(=O)Nc2c(I)cc3ccccc3c2O)CC1. The molecule has 0 atom stereocenters. The number of phenols is 1. The van der Waals surface area contributed by atoms with E-state index in [9.17, 15) is 9.90 Å². The van der Waals surface area contributed by atoms with Gasteiger partial charge in [-0.3, -0.25) is 9.69 Å². The van der Waals surface area contributed by atoms with E-state index in [1.54, 1.807) is 0 Å². The number of carbonyl (C=O) groups excluding carboxylic acids is 1. The van der Waals surface area contributed by atoms with E-state index in [1.807, 2.05) is 30.3 Å². The summed E-state index contributed by atoms with van der Waals surface area (Å²) in [5, 5.41) is 15.2. The minimum absolute atomic E-state index is 0.0504. The van der Waals surface area contributed by atoms with Gasteiger partial charge < -0.3 is 14.9 Å². The monoisotopic (exact) mass is 440 g/mol. The number of nitrogens with one attached hydrogen (secondary N) is 1. The van der Waals surface area contributed by atoms with Gasteiger partial charge in [0.1, 0.15) is 5.75 Å². The number of aromatic hydroxyl groups is 1. The molecule has 1 amide bonds. The van der Waals surface area contributed by atoms with E-state index in [1.165, 1.54) is 0 Å². The highest BCUT2D eigenvalue weighted by molar-refractivity contribution is 14.1. The molecule has 0 unspecified atom stereocenters. The van der Waals surface area contributed by atoms with Crippen molar-refractivity contribution < 1.29 is 14.4 Å². The summed E-state index contributed by atoms with van der Waals surface area (Å²) in [6, 6.07) is 9.63. The van der Waals surface area contributed by atoms with Crippen LogP contribution in [-0.2, 0) is 4.79 Å². The normalized spacial score (nSPS) is 17.8. The molecule has 24 heavy (non-hydrogen) atoms. The van der Waals surface area contributed by atoms with E-state index < -0.39 is 0 Å². The van der Waals surface area contributed by atoms with E-state index in [0.29, 0.717) is 12.2 Å². The van der Waals surface area contributed by atoms with Gasteiger partial charge in [-0.25, -0.2) is 0 Å². The summed E-state index contributed by atoms with van der Waals surface area (Å²) >= 11 is 2.16. The molecule has 1 heterocycles. The number of rotatable bonds is 3. The molecule has 6 heteroatoms. The van der Waals surface area contributed by atoms with Crippen LogP contribution in [0.2, 0.25) is 0 Å². The number of quaternary nitrogens is 1. The fourth-order valence-corrected chi connectivity index (χ4v) is 3.87. The Kier molecular flexibility index (Phi) is 4.98. The molecule has 1 aliphatic rings. The van der Waals surface area contributed by atoms with E-state index in [2.05, 4.69) is 46.9 Å². The predicted octanol–water partition coefficient (Wildman–Crippen LogP) is 2.48. The van der Waals surface area contributed by atoms with Crippen molar-refractivity contribution in [3.05, 3.63) is 33.9 Å². The van der Waals surface area contributed by atoms with Crippen molar-refractivity contribution in [2.24, 2.45) is 0 Å². The van der Waals surface area contributed by atoms with Crippen LogP contribution >= 0.6 is 22.6 Å². The van der Waals surface area contributed by atoms with Gasteiger partial charge in [-0.2, -0.15) is 0 Å². The van der Waals surface area contributed by atoms with Gasteiger partial charge in [0.15, 0.2) is 6.54 Å². The molecule has 2 aromatic rings. The summed E-state index contributed by atoms with van der Waals surface area (Å²) in [5.74, 6) is 0.0948. The lowest BCUT2D eigenvalue weighted by molar-refractivity contribution is -0.905. The predicted molar refractivity (Wildman–Crippen MR) is 105 cm³/mol. The lowest BCUT2D eigenvalue weighted by Gasteiger charge is -2.40. The lowest BCUT2D eigenvalue weighted by Crippen LogP contribution is -2.58. The number of carbonyl (C=O) groups is 1. The van der Waals surface area contributed by atoms with Crippen molar-refractivity contribution in [1.29, 1.82) is 0 Å². The average molecular weight is 440 g/mol. The quantitative estimate of drug-likeness (QED) is 0.438. The van der Waals surface area contributed by atoms with E-state index in [-0.39, 0.29) is 11.7 Å². The van der Waals surface area contributed by atoms with Gasteiger partial charge >= 0.3 is 0 Å². The Balaban J connectivity index is 1.78. The number of likely N-dealkylation sites (N-methyl/N-ethyl adjacent to an activating group) is 2. The molecule has 0 radical (unpaired) electrons. The van der Waals surface area contributed by atoms with Gasteiger partial charge in [0.25, 0.3) is 5.91 Å². The molecule has 1 aliphatic heterocycles. The first-order valence-electron chi connectivity index (χ1n) is 8.10. The largest absolute Gasteiger partial charge is 0.505 e. The van der Waals surface area contributed by atoms with Crippen molar-refractivity contribution in [2.75, 3.05) is 52.1 Å². The molecule has 128 valence electrons. The van der Waals surface area contributed by atoms with Crippen LogP contribution in [-0.4, -0.2) is 67.2 Å². The summed E-state index contributed by atoms with van der Waals surface area (Å²) in [4.78, 5) is 14.8. The van der Waals surface area contributed by atoms with Crippen LogP contribution in [0.3, 0.4) is 0 Å². The van der Waals surface area contributed by atoms with Crippen molar-refractivity contribution in [2.45, 2.75) is 0 Å². The molecule has 2 aromatic carbocycles. The Hall–Kier alpha value is -1.38. The topological polar surface area (TPSA) is 52.6 Å². The van der Waals surface area contributed by atoms with Crippen molar-refractivity contribution in [1.82, 2.24) is 4.90 Å². The first kappa shape index (κ1) is 17.4. The molecule has 1 saturated heterocycles. The lowest BCUT2D eigenvalue weighted by atomic mass is 10.1. The number of anilines is 1. The molecule has 2 N–H and O–H groups in total. The fourth-order valence-electron chi connectivity index (χ4n) is 3.15. The van der Waals surface area contributed by atoms with Crippen LogP contribution in [0.4, 0.5) is 5.69 Å². The number of fused-ring (bicyclic) bond motifs is 1. The molecular formula is C18H23IN3O2+. The molecule has 0 spiro atoms. The van der Waals surface area contributed by atoms with Crippen LogP contribution in [0.1, 0.15) is 0 Å². The minimum Gasteiger partial charge on any atom is -0.505 e. The van der Waals surface area contributed by atoms with Crippen molar-refractivity contribution >= 4 is 45.0 Å². The standard InChI is InChI=1S/C18H22IN3O2/c1-21-7-9-22(2,10-8-21)12-16(23)20-17-15(19)11-13-5-3-4-6-14(13)18(17)24/h3-6,11H,7-10,12H2,1-2H3,(H-,20,23,24)/p+1. The zero-order valence-corrected chi connectivity index (χ0v) is 16.2. The van der Waals surface area contributed by atoms with Crippen molar-refractivity contribution in [3.8, 4) is 5.75 Å². The Morgan fingerprint density at radius 3 is 2.71 bits per heavy atom. The number of amides is 1. The zero-order valence-electron chi connectivity index (χ0n) is 14.1. The van der Waals surface area contributed by atoms with Crippen molar-refractivity contribution in [3.63, 3.8) is 0 Å². The number of halogens is 1. The zero-order chi connectivity index (χ0) is 17.3. The van der Waals surface area contributed by atoms with Crippen LogP contribution in [0, 0.1) is 3.57 Å². The van der Waals surface area contributed by atoms with Crippen LogP contribution < -0.4 is 5.32 Å². The first-order valence-corrected chi connectivity index (χ1v) is 9.18. The number of hydrogen-bond acceptors (Lipinski definition) is 3. The maximum atomic E-state index is 12.6. The molecular weight excluding hydrogens is 417 g/mol. The number of benzene rings is 2. The third kappa shape index (κ3) is 3.65. The number of nitrogens with zero attached hydrogens (tertiary/aromatic N) is 2. The molecule has 0 aromatic heterocycles. The Labute approximate surface area is 156 Å². The molecule has 0 saturated carbocycles. The summed E-state index contributed by atoms with van der Waals surface area (Å²) in [5.41, 5.74) is 0.514. The second-order valence-corrected chi connectivity index (χ2v) is 8.04. The Bertz CT molecular complexity index is 770. The molecule has 3 rings (SSSR count). The van der Waals surface area contributed by atoms with Gasteiger partial charge in [-0.15, -0.1) is 0 Å². The summed E-state index contributed by atoms with van der Waals surface area (Å²) in [6.45, 7) is 4.36. The maximum absolute atomic E-state index is 12.6. The molecule has 0 aliphatic carbocycles. The van der Waals surface area contributed by atoms with E-state index >= 15 is 0 Å². The van der Waals surface area contributed by atoms with Crippen LogP contribution in [0.25, 0.3) is 10.8 Å². The molecule has 0 bridgehead atoms. The van der Waals surface area contributed by atoms with Gasteiger partial charge in [0.05, 0.1) is 25.8 Å². The van der Waals surface area contributed by atoms with E-state index in [4.69, 9.17) is 0 Å². The summed E-state index contributed by atoms with van der Waals surface area (Å²) in [7, 11) is 4.23. The second kappa shape index (κ2) is 6.85. The summed E-state index contributed by atoms with van der Waals surface area (Å²) in [6.07, 6.45) is 0. The Morgan fingerprint density at radius 1 is 1.33 bits per heavy atom. The number of hydrogen-bond donors (Lipinski definition) is 2. The van der Waals surface area contributed by atoms with Gasteiger partial charge in [-0.1, -0.05) is 24.3 Å². The molecule has 1 fully saturated rings. The third-order valence-corrected chi connectivity index (χ3v) is 5.66.